The minimum absolute atomic E-state index is 0.0144. The van der Waals surface area contributed by atoms with Gasteiger partial charge in [-0.1, -0.05) is 5.21 Å². The third-order valence-electron chi connectivity index (χ3n) is 4.72. The Kier molecular flexibility index (Phi) is 8.53. The fourth-order valence-electron chi connectivity index (χ4n) is 3.02. The fourth-order valence-corrected chi connectivity index (χ4v) is 3.02. The maximum absolute atomic E-state index is 12.5. The number of nitrogens with one attached hydrogen (secondary N) is 2. The Morgan fingerprint density at radius 2 is 1.97 bits per heavy atom. The zero-order valence-corrected chi connectivity index (χ0v) is 18.6. The number of nitrogens with zero attached hydrogens (tertiary/aromatic N) is 4. The van der Waals surface area contributed by atoms with Gasteiger partial charge in [0.2, 0.25) is 0 Å². The first-order chi connectivity index (χ1) is 16.0. The number of hydrogen-bond donors (Lipinski definition) is 2. The lowest BCUT2D eigenvalue weighted by Crippen LogP contribution is -2.24. The highest BCUT2D eigenvalue weighted by atomic mass is 19.1. The van der Waals surface area contributed by atoms with Gasteiger partial charge in [0.15, 0.2) is 5.69 Å². The van der Waals surface area contributed by atoms with Gasteiger partial charge in [-0.15, -0.1) is 5.10 Å². The van der Waals surface area contributed by atoms with E-state index in [0.29, 0.717) is 30.1 Å². The maximum atomic E-state index is 12.5. The van der Waals surface area contributed by atoms with Crippen molar-refractivity contribution in [1.82, 2.24) is 30.2 Å². The molecule has 0 saturated heterocycles. The summed E-state index contributed by atoms with van der Waals surface area (Å²) in [5.41, 5.74) is 1.97. The second kappa shape index (κ2) is 11.8. The van der Waals surface area contributed by atoms with E-state index in [2.05, 4.69) is 20.9 Å². The molecule has 0 saturated carbocycles. The van der Waals surface area contributed by atoms with E-state index in [4.69, 9.17) is 9.47 Å². The first-order valence-electron chi connectivity index (χ1n) is 10.5. The topological polar surface area (TPSA) is 112 Å². The minimum Gasteiger partial charge on any atom is -0.489 e. The molecule has 0 aliphatic rings. The molecule has 33 heavy (non-hydrogen) atoms. The van der Waals surface area contributed by atoms with Crippen molar-refractivity contribution in [1.29, 1.82) is 0 Å². The number of rotatable bonds is 12. The molecule has 0 aliphatic carbocycles. The van der Waals surface area contributed by atoms with Crippen LogP contribution in [0, 0.1) is 0 Å². The molecule has 2 aromatic heterocycles. The van der Waals surface area contributed by atoms with Crippen molar-refractivity contribution in [3.05, 3.63) is 59.7 Å². The number of halogens is 1. The van der Waals surface area contributed by atoms with E-state index in [0.717, 1.165) is 5.69 Å². The molecule has 0 atom stereocenters. The summed E-state index contributed by atoms with van der Waals surface area (Å²) in [4.78, 5) is 24.7. The summed E-state index contributed by atoms with van der Waals surface area (Å²) in [6, 6.07) is 8.67. The summed E-state index contributed by atoms with van der Waals surface area (Å²) in [7, 11) is 1.90. The van der Waals surface area contributed by atoms with Crippen molar-refractivity contribution in [2.45, 2.75) is 13.5 Å². The van der Waals surface area contributed by atoms with E-state index in [1.165, 1.54) is 10.9 Å². The van der Waals surface area contributed by atoms with E-state index >= 15 is 0 Å². The Morgan fingerprint density at radius 1 is 1.12 bits per heavy atom. The number of carbonyl (C=O) groups is 2. The Bertz CT molecular complexity index is 1080. The lowest BCUT2D eigenvalue weighted by molar-refractivity contribution is 0.0894. The number of ether oxygens (including phenoxy) is 2. The van der Waals surface area contributed by atoms with E-state index in [-0.39, 0.29) is 37.3 Å². The molecule has 176 valence electrons. The molecule has 0 bridgehead atoms. The lowest BCUT2D eigenvalue weighted by Gasteiger charge is -2.13. The second-order valence-electron chi connectivity index (χ2n) is 7.03. The number of aromatic nitrogens is 4. The number of hydrogen-bond acceptors (Lipinski definition) is 6. The van der Waals surface area contributed by atoms with Gasteiger partial charge in [0.25, 0.3) is 11.8 Å². The third-order valence-corrected chi connectivity index (χ3v) is 4.72. The zero-order chi connectivity index (χ0) is 23.6. The Balaban J connectivity index is 1.75. The maximum Gasteiger partial charge on any atom is 0.273 e. The molecule has 2 heterocycles. The van der Waals surface area contributed by atoms with Crippen LogP contribution >= 0.6 is 0 Å². The van der Waals surface area contributed by atoms with Crippen LogP contribution in [0.1, 0.15) is 33.5 Å². The summed E-state index contributed by atoms with van der Waals surface area (Å²) < 4.78 is 26.4. The van der Waals surface area contributed by atoms with Crippen molar-refractivity contribution < 1.29 is 23.5 Å². The number of benzene rings is 1. The quantitative estimate of drug-likeness (QED) is 0.399. The monoisotopic (exact) mass is 458 g/mol. The molecule has 10 nitrogen and oxygen atoms in total. The number of alkyl halides is 1. The summed E-state index contributed by atoms with van der Waals surface area (Å²) in [5.74, 6) is -0.270. The summed E-state index contributed by atoms with van der Waals surface area (Å²) in [6.45, 7) is 2.39. The molecule has 0 spiro atoms. The highest BCUT2D eigenvalue weighted by Gasteiger charge is 2.16. The molecule has 0 radical (unpaired) electrons. The first kappa shape index (κ1) is 23.9. The van der Waals surface area contributed by atoms with Gasteiger partial charge < -0.3 is 24.7 Å². The first-order valence-corrected chi connectivity index (χ1v) is 10.5. The largest absolute Gasteiger partial charge is 0.489 e. The van der Waals surface area contributed by atoms with Crippen LogP contribution < -0.4 is 15.4 Å². The molecule has 11 heteroatoms. The molecular weight excluding hydrogens is 431 g/mol. The van der Waals surface area contributed by atoms with Gasteiger partial charge >= 0.3 is 0 Å². The Hall–Kier alpha value is -3.73. The van der Waals surface area contributed by atoms with Crippen molar-refractivity contribution in [2.24, 2.45) is 7.05 Å². The predicted octanol–water partition coefficient (Wildman–Crippen LogP) is 1.65. The van der Waals surface area contributed by atoms with Gasteiger partial charge in [-0.25, -0.2) is 9.07 Å². The van der Waals surface area contributed by atoms with Crippen molar-refractivity contribution in [2.75, 3.05) is 33.0 Å². The molecule has 0 fully saturated rings. The van der Waals surface area contributed by atoms with Crippen LogP contribution in [0.2, 0.25) is 0 Å². The van der Waals surface area contributed by atoms with E-state index in [1.807, 2.05) is 36.9 Å². The lowest BCUT2D eigenvalue weighted by atomic mass is 10.1. The Morgan fingerprint density at radius 3 is 2.70 bits per heavy atom. The molecule has 2 amide bonds. The van der Waals surface area contributed by atoms with Gasteiger partial charge in [0, 0.05) is 31.0 Å². The van der Waals surface area contributed by atoms with Crippen LogP contribution in [0.25, 0.3) is 5.69 Å². The number of aryl methyl sites for hydroxylation is 1. The van der Waals surface area contributed by atoms with Gasteiger partial charge in [-0.05, 0) is 37.3 Å². The van der Waals surface area contributed by atoms with E-state index < -0.39 is 6.67 Å². The number of carbonyl (C=O) groups excluding carboxylic acids is 2. The van der Waals surface area contributed by atoms with E-state index in [1.54, 1.807) is 18.2 Å². The third kappa shape index (κ3) is 6.39. The molecular formula is C22H27FN6O4. The van der Waals surface area contributed by atoms with Crippen LogP contribution in [0.5, 0.6) is 5.75 Å². The van der Waals surface area contributed by atoms with Gasteiger partial charge in [-0.3, -0.25) is 9.59 Å². The van der Waals surface area contributed by atoms with Gasteiger partial charge in [-0.2, -0.15) is 0 Å². The number of amides is 2. The Labute approximate surface area is 190 Å². The SMILES string of the molecule is CCNC(=O)c1ccc(-n2cc(C(=O)NCc3cccn3C)nn2)c(OCCOCCF)c1. The van der Waals surface area contributed by atoms with Crippen LogP contribution in [0.15, 0.2) is 42.7 Å². The van der Waals surface area contributed by atoms with Crippen molar-refractivity contribution in [3.8, 4) is 11.4 Å². The zero-order valence-electron chi connectivity index (χ0n) is 18.6. The highest BCUT2D eigenvalue weighted by Crippen LogP contribution is 2.24. The van der Waals surface area contributed by atoms with Crippen LogP contribution in [0.4, 0.5) is 4.39 Å². The van der Waals surface area contributed by atoms with Gasteiger partial charge in [0.1, 0.15) is 24.7 Å². The summed E-state index contributed by atoms with van der Waals surface area (Å²) in [5, 5.41) is 13.5. The second-order valence-corrected chi connectivity index (χ2v) is 7.03. The highest BCUT2D eigenvalue weighted by molar-refractivity contribution is 5.95. The van der Waals surface area contributed by atoms with Crippen LogP contribution in [-0.4, -0.2) is 64.4 Å². The van der Waals surface area contributed by atoms with Crippen molar-refractivity contribution >= 4 is 11.8 Å². The predicted molar refractivity (Wildman–Crippen MR) is 118 cm³/mol. The smallest absolute Gasteiger partial charge is 0.273 e. The standard InChI is InChI=1S/C22H27FN6O4/c1-3-24-21(30)16-6-7-19(20(13-16)33-12-11-32-10-8-23)29-15-18(26-27-29)22(31)25-14-17-5-4-9-28(17)2/h4-7,9,13,15H,3,8,10-12,14H2,1-2H3,(H,24,30)(H,25,31). The minimum atomic E-state index is -0.578. The van der Waals surface area contributed by atoms with Gasteiger partial charge in [0.05, 0.1) is 26.0 Å². The summed E-state index contributed by atoms with van der Waals surface area (Å²) >= 11 is 0. The molecule has 3 aromatic rings. The van der Waals surface area contributed by atoms with E-state index in [9.17, 15) is 14.0 Å². The normalized spacial score (nSPS) is 10.8. The molecule has 0 unspecified atom stereocenters. The fraction of sp³-hybridized carbons (Fsp3) is 0.364. The summed E-state index contributed by atoms with van der Waals surface area (Å²) in [6.07, 6.45) is 3.38. The molecule has 0 aliphatic heterocycles. The molecule has 2 N–H and O–H groups in total. The van der Waals surface area contributed by atoms with Crippen molar-refractivity contribution in [3.63, 3.8) is 0 Å². The van der Waals surface area contributed by atoms with Crippen LogP contribution in [0.3, 0.4) is 0 Å². The van der Waals surface area contributed by atoms with Crippen LogP contribution in [-0.2, 0) is 18.3 Å². The average Bonchev–Trinajstić information content (AvgIpc) is 3.46. The molecule has 3 rings (SSSR count). The average molecular weight is 458 g/mol. The molecule has 1 aromatic carbocycles.